The third-order valence-corrected chi connectivity index (χ3v) is 2.47. The van der Waals surface area contributed by atoms with Crippen LogP contribution in [0.15, 0.2) is 0 Å². The summed E-state index contributed by atoms with van der Waals surface area (Å²) in [6.45, 7) is 4.05. The van der Waals surface area contributed by atoms with Gasteiger partial charge in [-0.25, -0.2) is 0 Å². The molecule has 0 aromatic rings. The predicted molar refractivity (Wildman–Crippen MR) is 60.3 cm³/mol. The quantitative estimate of drug-likeness (QED) is 0.367. The Hall–Kier alpha value is 0.700. The van der Waals surface area contributed by atoms with Gasteiger partial charge < -0.3 is 5.73 Å². The van der Waals surface area contributed by atoms with E-state index in [0.717, 1.165) is 6.42 Å². The summed E-state index contributed by atoms with van der Waals surface area (Å²) in [7, 11) is 0. The Morgan fingerprint density at radius 1 is 0.786 bits per heavy atom. The molecule has 0 fully saturated rings. The van der Waals surface area contributed by atoms with Crippen LogP contribution in [0.2, 0.25) is 0 Å². The van der Waals surface area contributed by atoms with Crippen molar-refractivity contribution >= 4 is 0 Å². The van der Waals surface area contributed by atoms with E-state index in [1.54, 1.807) is 6.54 Å². The molecule has 0 bridgehead atoms. The second kappa shape index (κ2) is 16.1. The molecule has 0 aromatic carbocycles. The second-order valence-electron chi connectivity index (χ2n) is 3.85. The first-order valence-corrected chi connectivity index (χ1v) is 5.95. The first-order valence-electron chi connectivity index (χ1n) is 5.95. The van der Waals surface area contributed by atoms with Crippen molar-refractivity contribution in [2.75, 3.05) is 0 Å². The van der Waals surface area contributed by atoms with Crippen LogP contribution in [0.3, 0.4) is 0 Å². The molecule has 0 amide bonds. The van der Waals surface area contributed by atoms with Gasteiger partial charge in [-0.3, -0.25) is 6.54 Å². The molecular formula is C12H26AgN. The Balaban J connectivity index is 0. The Morgan fingerprint density at radius 3 is 1.64 bits per heavy atom. The molecule has 0 aromatic heterocycles. The first kappa shape index (κ1) is 17.1. The minimum atomic E-state index is 0. The third kappa shape index (κ3) is 15.2. The van der Waals surface area contributed by atoms with Crippen molar-refractivity contribution in [1.29, 1.82) is 0 Å². The van der Waals surface area contributed by atoms with Crippen LogP contribution in [-0.2, 0) is 22.4 Å². The van der Waals surface area contributed by atoms with Gasteiger partial charge in [-0.1, -0.05) is 64.7 Å². The van der Waals surface area contributed by atoms with Gasteiger partial charge in [-0.05, 0) is 0 Å². The van der Waals surface area contributed by atoms with Crippen LogP contribution in [0.5, 0.6) is 0 Å². The van der Waals surface area contributed by atoms with Crippen LogP contribution in [0, 0.1) is 6.54 Å². The van der Waals surface area contributed by atoms with Gasteiger partial charge in [0.2, 0.25) is 0 Å². The molecule has 2 N–H and O–H groups in total. The fraction of sp³-hybridized carbons (Fsp3) is 0.917. The first-order chi connectivity index (χ1) is 6.41. The molecule has 0 atom stereocenters. The average molecular weight is 292 g/mol. The van der Waals surface area contributed by atoms with Crippen molar-refractivity contribution in [3.05, 3.63) is 6.54 Å². The number of rotatable bonds is 10. The molecule has 90 valence electrons. The molecule has 0 radical (unpaired) electrons. The summed E-state index contributed by atoms with van der Waals surface area (Å²) in [5.74, 6) is 0. The van der Waals surface area contributed by atoms with E-state index in [-0.39, 0.29) is 22.4 Å². The van der Waals surface area contributed by atoms with Gasteiger partial charge in [0.15, 0.2) is 0 Å². The standard InChI is InChI=1S/C12H26N.Ag/c1-2-3-4-5-6-7-8-9-10-11-12-13;/h12H,2-11,13H2,1H3;/q-1;+1. The van der Waals surface area contributed by atoms with Gasteiger partial charge in [0, 0.05) is 0 Å². The van der Waals surface area contributed by atoms with E-state index in [1.807, 2.05) is 0 Å². The molecule has 0 aliphatic rings. The van der Waals surface area contributed by atoms with Crippen molar-refractivity contribution in [3.8, 4) is 0 Å². The molecule has 0 rings (SSSR count). The van der Waals surface area contributed by atoms with Crippen molar-refractivity contribution in [1.82, 2.24) is 0 Å². The van der Waals surface area contributed by atoms with E-state index >= 15 is 0 Å². The number of hydrogen-bond donors (Lipinski definition) is 1. The fourth-order valence-corrected chi connectivity index (χ4v) is 1.57. The SMILES string of the molecule is CCCCCCCCCCC[CH-]N.[Ag+]. The van der Waals surface area contributed by atoms with Gasteiger partial charge in [0.25, 0.3) is 0 Å². The summed E-state index contributed by atoms with van der Waals surface area (Å²) in [6, 6.07) is 0. The Bertz CT molecular complexity index is 76.4. The van der Waals surface area contributed by atoms with Crippen molar-refractivity contribution in [2.45, 2.75) is 71.1 Å². The summed E-state index contributed by atoms with van der Waals surface area (Å²) in [6.07, 6.45) is 13.7. The Kier molecular flexibility index (Phi) is 19.7. The zero-order valence-corrected chi connectivity index (χ0v) is 11.0. The van der Waals surface area contributed by atoms with Gasteiger partial charge >= 0.3 is 22.4 Å². The molecular weight excluding hydrogens is 266 g/mol. The van der Waals surface area contributed by atoms with Crippen LogP contribution in [0.1, 0.15) is 71.1 Å². The summed E-state index contributed by atoms with van der Waals surface area (Å²) in [5, 5.41) is 0. The Morgan fingerprint density at radius 2 is 1.21 bits per heavy atom. The minimum Gasteiger partial charge on any atom is -0.483 e. The van der Waals surface area contributed by atoms with E-state index in [2.05, 4.69) is 6.92 Å². The van der Waals surface area contributed by atoms with Crippen molar-refractivity contribution in [2.24, 2.45) is 5.73 Å². The summed E-state index contributed by atoms with van der Waals surface area (Å²) >= 11 is 0. The minimum absolute atomic E-state index is 0. The summed E-state index contributed by atoms with van der Waals surface area (Å²) in [5.41, 5.74) is 5.30. The van der Waals surface area contributed by atoms with Gasteiger partial charge in [0.1, 0.15) is 0 Å². The molecule has 0 heterocycles. The van der Waals surface area contributed by atoms with E-state index in [0.29, 0.717) is 0 Å². The van der Waals surface area contributed by atoms with Crippen LogP contribution >= 0.6 is 0 Å². The monoisotopic (exact) mass is 291 g/mol. The van der Waals surface area contributed by atoms with Crippen LogP contribution in [0.25, 0.3) is 0 Å². The molecule has 2 heteroatoms. The number of hydrogen-bond acceptors (Lipinski definition) is 1. The molecule has 1 nitrogen and oxygen atoms in total. The third-order valence-electron chi connectivity index (χ3n) is 2.47. The maximum absolute atomic E-state index is 5.30. The van der Waals surface area contributed by atoms with Gasteiger partial charge in [-0.2, -0.15) is 6.42 Å². The summed E-state index contributed by atoms with van der Waals surface area (Å²) in [4.78, 5) is 0. The molecule has 0 saturated heterocycles. The normalized spacial score (nSPS) is 9.86. The zero-order valence-electron chi connectivity index (χ0n) is 9.53. The molecule has 0 spiro atoms. The number of unbranched alkanes of at least 4 members (excludes halogenated alkanes) is 9. The smallest absolute Gasteiger partial charge is 0.483 e. The van der Waals surface area contributed by atoms with Gasteiger partial charge in [0.05, 0.1) is 0 Å². The molecule has 0 saturated carbocycles. The zero-order chi connectivity index (χ0) is 9.78. The Labute approximate surface area is 106 Å². The summed E-state index contributed by atoms with van der Waals surface area (Å²) < 4.78 is 0. The predicted octanol–water partition coefficient (Wildman–Crippen LogP) is 4.03. The molecule has 0 aliphatic carbocycles. The number of nitrogens with two attached hydrogens (primary N) is 1. The maximum atomic E-state index is 5.30. The maximum Gasteiger partial charge on any atom is 1.00 e. The fourth-order valence-electron chi connectivity index (χ4n) is 1.57. The topological polar surface area (TPSA) is 26.0 Å². The van der Waals surface area contributed by atoms with Crippen LogP contribution in [-0.4, -0.2) is 0 Å². The van der Waals surface area contributed by atoms with E-state index in [9.17, 15) is 0 Å². The van der Waals surface area contributed by atoms with E-state index in [4.69, 9.17) is 5.73 Å². The molecule has 0 unspecified atom stereocenters. The van der Waals surface area contributed by atoms with Crippen LogP contribution < -0.4 is 5.73 Å². The molecule has 14 heavy (non-hydrogen) atoms. The van der Waals surface area contributed by atoms with Crippen molar-refractivity contribution < 1.29 is 22.4 Å². The van der Waals surface area contributed by atoms with Crippen LogP contribution in [0.4, 0.5) is 0 Å². The van der Waals surface area contributed by atoms with Crippen molar-refractivity contribution in [3.63, 3.8) is 0 Å². The van der Waals surface area contributed by atoms with E-state index < -0.39 is 0 Å². The average Bonchev–Trinajstić information content (AvgIpc) is 2.16. The molecule has 0 aliphatic heterocycles. The van der Waals surface area contributed by atoms with E-state index in [1.165, 1.54) is 57.8 Å². The second-order valence-corrected chi connectivity index (χ2v) is 3.85. The largest absolute Gasteiger partial charge is 1.00 e. The van der Waals surface area contributed by atoms with Gasteiger partial charge in [-0.15, -0.1) is 0 Å².